The van der Waals surface area contributed by atoms with Gasteiger partial charge < -0.3 is 14.2 Å². The van der Waals surface area contributed by atoms with Crippen LogP contribution in [0.1, 0.15) is 36.6 Å². The molecule has 0 saturated heterocycles. The van der Waals surface area contributed by atoms with Crippen molar-refractivity contribution >= 4 is 62.5 Å². The van der Waals surface area contributed by atoms with Crippen LogP contribution in [-0.2, 0) is 16.1 Å². The van der Waals surface area contributed by atoms with Gasteiger partial charge in [0.2, 0.25) is 0 Å². The third-order valence-electron chi connectivity index (χ3n) is 6.60. The highest BCUT2D eigenvalue weighted by atomic mass is 79.9. The summed E-state index contributed by atoms with van der Waals surface area (Å²) in [5, 5.41) is 1.03. The lowest BCUT2D eigenvalue weighted by Crippen LogP contribution is -2.40. The summed E-state index contributed by atoms with van der Waals surface area (Å²) < 4.78 is 19.6. The number of rotatable bonds is 8. The second-order valence-electron chi connectivity index (χ2n) is 9.24. The number of benzene rings is 3. The van der Waals surface area contributed by atoms with Gasteiger partial charge in [0.1, 0.15) is 12.6 Å². The van der Waals surface area contributed by atoms with E-state index in [-0.39, 0.29) is 24.3 Å². The smallest absolute Gasteiger partial charge is 0.338 e. The molecule has 11 heteroatoms. The SMILES string of the molecule is CCOC(=O)C1=C(C)N=c2s/c(=C\c3cc(Br)c(OCc4ccccc4Cl)c(OC)c3)c(=O)n2C1c1ccccc1Cl. The van der Waals surface area contributed by atoms with E-state index < -0.39 is 12.0 Å². The molecule has 1 aliphatic rings. The first-order chi connectivity index (χ1) is 20.2. The number of carbonyl (C=O) groups excluding carboxylic acids is 1. The molecule has 0 fully saturated rings. The number of halogens is 3. The van der Waals surface area contributed by atoms with Crippen molar-refractivity contribution in [3.63, 3.8) is 0 Å². The summed E-state index contributed by atoms with van der Waals surface area (Å²) in [7, 11) is 1.55. The van der Waals surface area contributed by atoms with Crippen LogP contribution in [0.2, 0.25) is 10.0 Å². The topological polar surface area (TPSA) is 79.1 Å². The maximum atomic E-state index is 13.9. The normalized spacial score (nSPS) is 14.8. The largest absolute Gasteiger partial charge is 0.493 e. The zero-order valence-electron chi connectivity index (χ0n) is 22.8. The molecule has 42 heavy (non-hydrogen) atoms. The fraction of sp³-hybridized carbons (Fsp3) is 0.194. The maximum absolute atomic E-state index is 13.9. The number of aromatic nitrogens is 1. The number of carbonyl (C=O) groups is 1. The monoisotopic (exact) mass is 686 g/mol. The van der Waals surface area contributed by atoms with Gasteiger partial charge in [-0.05, 0) is 71.2 Å². The van der Waals surface area contributed by atoms with Gasteiger partial charge in [-0.2, -0.15) is 0 Å². The molecule has 0 radical (unpaired) electrons. The second-order valence-corrected chi connectivity index (χ2v) is 11.9. The van der Waals surface area contributed by atoms with Crippen LogP contribution in [-0.4, -0.2) is 24.3 Å². The Labute approximate surface area is 264 Å². The van der Waals surface area contributed by atoms with Crippen LogP contribution < -0.4 is 24.4 Å². The van der Waals surface area contributed by atoms with E-state index in [1.165, 1.54) is 15.9 Å². The average molecular weight is 688 g/mol. The Hall–Kier alpha value is -3.37. The number of fused-ring (bicyclic) bond motifs is 1. The van der Waals surface area contributed by atoms with Crippen molar-refractivity contribution in [1.82, 2.24) is 4.57 Å². The molecule has 0 N–H and O–H groups in total. The predicted molar refractivity (Wildman–Crippen MR) is 168 cm³/mol. The van der Waals surface area contributed by atoms with Gasteiger partial charge in [-0.3, -0.25) is 9.36 Å². The summed E-state index contributed by atoms with van der Waals surface area (Å²) in [5.74, 6) is 0.438. The molecule has 0 spiro atoms. The number of nitrogens with zero attached hydrogens (tertiary/aromatic N) is 2. The number of ether oxygens (including phenoxy) is 3. The Morgan fingerprint density at radius 1 is 1.12 bits per heavy atom. The van der Waals surface area contributed by atoms with E-state index in [0.29, 0.717) is 52.2 Å². The van der Waals surface area contributed by atoms with Crippen LogP contribution in [0.4, 0.5) is 0 Å². The van der Waals surface area contributed by atoms with Crippen molar-refractivity contribution in [2.75, 3.05) is 13.7 Å². The highest BCUT2D eigenvalue weighted by Crippen LogP contribution is 2.38. The number of hydrogen-bond acceptors (Lipinski definition) is 7. The van der Waals surface area contributed by atoms with E-state index in [1.54, 1.807) is 57.4 Å². The molecule has 3 aromatic carbocycles. The van der Waals surface area contributed by atoms with Gasteiger partial charge in [-0.15, -0.1) is 0 Å². The molecule has 0 bridgehead atoms. The minimum Gasteiger partial charge on any atom is -0.493 e. The number of methoxy groups -OCH3 is 1. The molecule has 2 heterocycles. The average Bonchev–Trinajstić information content (AvgIpc) is 3.26. The van der Waals surface area contributed by atoms with Crippen molar-refractivity contribution < 1.29 is 19.0 Å². The van der Waals surface area contributed by atoms with Crippen molar-refractivity contribution in [2.24, 2.45) is 4.99 Å². The second kappa shape index (κ2) is 12.9. The molecule has 1 aliphatic heterocycles. The van der Waals surface area contributed by atoms with Crippen LogP contribution in [0.3, 0.4) is 0 Å². The molecule has 4 aromatic rings. The van der Waals surface area contributed by atoms with Crippen molar-refractivity contribution in [2.45, 2.75) is 26.5 Å². The fourth-order valence-corrected chi connectivity index (χ4v) is 6.71. The molecule has 7 nitrogen and oxygen atoms in total. The molecule has 0 amide bonds. The lowest BCUT2D eigenvalue weighted by molar-refractivity contribution is -0.139. The number of hydrogen-bond donors (Lipinski definition) is 0. The van der Waals surface area contributed by atoms with Crippen LogP contribution in [0.5, 0.6) is 11.5 Å². The zero-order chi connectivity index (χ0) is 30.0. The quantitative estimate of drug-likeness (QED) is 0.199. The summed E-state index contributed by atoms with van der Waals surface area (Å²) in [6.45, 7) is 3.89. The lowest BCUT2D eigenvalue weighted by Gasteiger charge is -2.25. The van der Waals surface area contributed by atoms with Crippen molar-refractivity contribution in [3.8, 4) is 11.5 Å². The van der Waals surface area contributed by atoms with Crippen LogP contribution in [0.25, 0.3) is 6.08 Å². The van der Waals surface area contributed by atoms with Crippen LogP contribution in [0.15, 0.2) is 86.2 Å². The van der Waals surface area contributed by atoms with Gasteiger partial charge in [-0.1, -0.05) is 70.9 Å². The first kappa shape index (κ1) is 30.1. The van der Waals surface area contributed by atoms with E-state index >= 15 is 0 Å². The lowest BCUT2D eigenvalue weighted by atomic mass is 9.96. The van der Waals surface area contributed by atoms with E-state index in [1.807, 2.05) is 30.3 Å². The highest BCUT2D eigenvalue weighted by Gasteiger charge is 2.34. The van der Waals surface area contributed by atoms with Crippen molar-refractivity contribution in [1.29, 1.82) is 0 Å². The summed E-state index contributed by atoms with van der Waals surface area (Å²) in [6.07, 6.45) is 1.75. The fourth-order valence-electron chi connectivity index (χ4n) is 4.66. The summed E-state index contributed by atoms with van der Waals surface area (Å²) in [4.78, 5) is 32.1. The van der Waals surface area contributed by atoms with Crippen LogP contribution >= 0.6 is 50.5 Å². The molecular weight excluding hydrogens is 663 g/mol. The molecule has 1 unspecified atom stereocenters. The van der Waals surface area contributed by atoms with E-state index in [0.717, 1.165) is 5.56 Å². The van der Waals surface area contributed by atoms with E-state index in [4.69, 9.17) is 37.4 Å². The number of esters is 1. The first-order valence-electron chi connectivity index (χ1n) is 12.9. The molecule has 1 atom stereocenters. The molecule has 1 aromatic heterocycles. The Balaban J connectivity index is 1.59. The Kier molecular flexibility index (Phi) is 9.22. The van der Waals surface area contributed by atoms with Gasteiger partial charge in [0.05, 0.1) is 34.0 Å². The van der Waals surface area contributed by atoms with Crippen molar-refractivity contribution in [3.05, 3.63) is 123 Å². The standard InChI is InChI=1S/C31H25BrCl2N2O5S/c1-4-40-30(38)26-17(2)35-31-36(27(26)20-10-6-8-12-23(20)34)29(37)25(42-31)15-18-13-21(32)28(24(14-18)39-3)41-16-19-9-5-7-11-22(19)33/h5-15,27H,4,16H2,1-3H3/b25-15-. The summed E-state index contributed by atoms with van der Waals surface area (Å²) in [5.41, 5.74) is 2.57. The highest BCUT2D eigenvalue weighted by molar-refractivity contribution is 9.10. The van der Waals surface area contributed by atoms with Gasteiger partial charge in [0, 0.05) is 15.6 Å². The predicted octanol–water partition coefficient (Wildman–Crippen LogP) is 6.46. The molecular formula is C31H25BrCl2N2O5S. The van der Waals surface area contributed by atoms with Crippen LogP contribution in [0, 0.1) is 0 Å². The summed E-state index contributed by atoms with van der Waals surface area (Å²) in [6, 6.07) is 17.4. The van der Waals surface area contributed by atoms with E-state index in [2.05, 4.69) is 20.9 Å². The Bertz CT molecular complexity index is 1900. The molecule has 0 saturated carbocycles. The third-order valence-corrected chi connectivity index (χ3v) is 8.88. The number of allylic oxidation sites excluding steroid dienone is 1. The molecule has 216 valence electrons. The minimum atomic E-state index is -0.794. The number of thiazole rings is 1. The van der Waals surface area contributed by atoms with Gasteiger partial charge in [-0.25, -0.2) is 9.79 Å². The minimum absolute atomic E-state index is 0.185. The molecule has 0 aliphatic carbocycles. The van der Waals surface area contributed by atoms with E-state index in [9.17, 15) is 9.59 Å². The third kappa shape index (κ3) is 5.92. The van der Waals surface area contributed by atoms with Gasteiger partial charge >= 0.3 is 5.97 Å². The Morgan fingerprint density at radius 3 is 2.52 bits per heavy atom. The zero-order valence-corrected chi connectivity index (χ0v) is 26.7. The van der Waals surface area contributed by atoms with Gasteiger partial charge in [0.25, 0.3) is 5.56 Å². The Morgan fingerprint density at radius 2 is 1.83 bits per heavy atom. The molecule has 5 rings (SSSR count). The summed E-state index contributed by atoms with van der Waals surface area (Å²) >= 11 is 17.7. The first-order valence-corrected chi connectivity index (χ1v) is 15.3. The van der Waals surface area contributed by atoms with Gasteiger partial charge in [0.15, 0.2) is 16.3 Å². The maximum Gasteiger partial charge on any atom is 0.338 e.